The number of amides is 1. The molecule has 0 saturated carbocycles. The molecule has 0 atom stereocenters. The van der Waals surface area contributed by atoms with Gasteiger partial charge >= 0.3 is 6.09 Å². The second kappa shape index (κ2) is 3.86. The lowest BCUT2D eigenvalue weighted by molar-refractivity contribution is 0.210. The highest BCUT2D eigenvalue weighted by Crippen LogP contribution is 2.31. The molecule has 0 fully saturated rings. The Labute approximate surface area is 85.4 Å². The number of nitrogens with two attached hydrogens (primary N) is 1. The van der Waals surface area contributed by atoms with Crippen molar-refractivity contribution in [2.24, 2.45) is 5.73 Å². The molecule has 0 aliphatic heterocycles. The molecule has 1 rings (SSSR count). The number of pyridine rings is 1. The van der Waals surface area contributed by atoms with E-state index in [1.807, 2.05) is 0 Å². The second-order valence-corrected chi connectivity index (χ2v) is 3.56. The minimum absolute atomic E-state index is 0.331. The van der Waals surface area contributed by atoms with Crippen LogP contribution in [-0.4, -0.2) is 11.1 Å². The molecule has 0 radical (unpaired) electrons. The molecule has 0 bridgehead atoms. The lowest BCUT2D eigenvalue weighted by Crippen LogP contribution is -2.16. The van der Waals surface area contributed by atoms with Crippen molar-refractivity contribution in [3.8, 4) is 5.75 Å². The van der Waals surface area contributed by atoms with Crippen LogP contribution in [0.25, 0.3) is 0 Å². The molecule has 1 heterocycles. The van der Waals surface area contributed by atoms with Gasteiger partial charge in [0.05, 0.1) is 8.95 Å². The first-order valence-corrected chi connectivity index (χ1v) is 4.46. The van der Waals surface area contributed by atoms with Gasteiger partial charge in [0.15, 0.2) is 5.75 Å². The van der Waals surface area contributed by atoms with Crippen molar-refractivity contribution in [1.82, 2.24) is 4.98 Å². The molecule has 0 unspecified atom stereocenters. The third-order valence-electron chi connectivity index (χ3n) is 1.01. The highest BCUT2D eigenvalue weighted by atomic mass is 79.9. The quantitative estimate of drug-likeness (QED) is 0.862. The molecule has 1 aromatic rings. The van der Waals surface area contributed by atoms with Gasteiger partial charge in [-0.1, -0.05) is 0 Å². The lowest BCUT2D eigenvalue weighted by atomic mass is 10.4. The number of aromatic nitrogens is 1. The number of primary amides is 1. The molecular weight excluding hydrogens is 292 g/mol. The predicted molar refractivity (Wildman–Crippen MR) is 49.8 cm³/mol. The Morgan fingerprint density at radius 3 is 2.33 bits per heavy atom. The number of rotatable bonds is 1. The molecular formula is C6H4Br2N2O2. The van der Waals surface area contributed by atoms with Crippen LogP contribution in [0.1, 0.15) is 0 Å². The Balaban J connectivity index is 3.04. The summed E-state index contributed by atoms with van der Waals surface area (Å²) in [5, 5.41) is 0. The molecule has 2 N–H and O–H groups in total. The molecule has 4 nitrogen and oxygen atoms in total. The van der Waals surface area contributed by atoms with Crippen molar-refractivity contribution in [3.63, 3.8) is 0 Å². The number of hydrogen-bond donors (Lipinski definition) is 1. The molecule has 0 aliphatic rings. The number of hydrogen-bond acceptors (Lipinski definition) is 3. The lowest BCUT2D eigenvalue weighted by Gasteiger charge is -2.04. The zero-order chi connectivity index (χ0) is 9.14. The average molecular weight is 296 g/mol. The van der Waals surface area contributed by atoms with Crippen molar-refractivity contribution < 1.29 is 9.53 Å². The summed E-state index contributed by atoms with van der Waals surface area (Å²) in [4.78, 5) is 14.2. The molecule has 0 aliphatic carbocycles. The summed E-state index contributed by atoms with van der Waals surface area (Å²) in [7, 11) is 0. The zero-order valence-electron chi connectivity index (χ0n) is 5.75. The number of carbonyl (C=O) groups excluding carboxylic acids is 1. The fourth-order valence-corrected chi connectivity index (χ4v) is 1.69. The predicted octanol–water partition coefficient (Wildman–Crippen LogP) is 2.06. The monoisotopic (exact) mass is 294 g/mol. The number of nitrogens with zero attached hydrogens (tertiary/aromatic N) is 1. The summed E-state index contributed by atoms with van der Waals surface area (Å²) >= 11 is 6.30. The fraction of sp³-hybridized carbons (Fsp3) is 0. The van der Waals surface area contributed by atoms with Gasteiger partial charge in [0.1, 0.15) is 0 Å². The van der Waals surface area contributed by atoms with E-state index in [1.165, 1.54) is 12.4 Å². The van der Waals surface area contributed by atoms with E-state index in [9.17, 15) is 4.79 Å². The van der Waals surface area contributed by atoms with E-state index in [0.717, 1.165) is 0 Å². The van der Waals surface area contributed by atoms with E-state index in [0.29, 0.717) is 14.7 Å². The standard InChI is InChI=1S/C6H4Br2N2O2/c7-3-1-10-2-4(8)5(3)12-6(9)11/h1-2H,(H2,9,11). The Hall–Kier alpha value is -0.620. The van der Waals surface area contributed by atoms with Gasteiger partial charge in [-0.25, -0.2) is 4.79 Å². The largest absolute Gasteiger partial charge is 0.410 e. The van der Waals surface area contributed by atoms with Crippen LogP contribution in [0.15, 0.2) is 21.3 Å². The molecule has 1 aromatic heterocycles. The van der Waals surface area contributed by atoms with Crippen LogP contribution >= 0.6 is 31.9 Å². The van der Waals surface area contributed by atoms with Gasteiger partial charge in [-0.15, -0.1) is 0 Å². The van der Waals surface area contributed by atoms with Gasteiger partial charge in [-0.3, -0.25) is 4.98 Å². The zero-order valence-corrected chi connectivity index (χ0v) is 8.92. The third-order valence-corrected chi connectivity index (χ3v) is 2.14. The van der Waals surface area contributed by atoms with Crippen molar-refractivity contribution in [1.29, 1.82) is 0 Å². The first-order chi connectivity index (χ1) is 5.61. The molecule has 12 heavy (non-hydrogen) atoms. The molecule has 0 aromatic carbocycles. The van der Waals surface area contributed by atoms with E-state index in [-0.39, 0.29) is 0 Å². The van der Waals surface area contributed by atoms with Crippen LogP contribution in [0.2, 0.25) is 0 Å². The average Bonchev–Trinajstić information content (AvgIpc) is 1.97. The van der Waals surface area contributed by atoms with Crippen LogP contribution < -0.4 is 10.5 Å². The maximum Gasteiger partial charge on any atom is 0.410 e. The van der Waals surface area contributed by atoms with Gasteiger partial charge in [0.25, 0.3) is 0 Å². The van der Waals surface area contributed by atoms with E-state index in [2.05, 4.69) is 41.6 Å². The summed E-state index contributed by atoms with van der Waals surface area (Å²) < 4.78 is 5.81. The number of halogens is 2. The van der Waals surface area contributed by atoms with Crippen LogP contribution in [0.4, 0.5) is 4.79 Å². The van der Waals surface area contributed by atoms with Gasteiger partial charge in [-0.2, -0.15) is 0 Å². The molecule has 6 heteroatoms. The Kier molecular flexibility index (Phi) is 3.05. The molecule has 0 saturated heterocycles. The molecule has 64 valence electrons. The van der Waals surface area contributed by atoms with Crippen LogP contribution in [0.3, 0.4) is 0 Å². The molecule has 1 amide bonds. The Morgan fingerprint density at radius 2 is 1.92 bits per heavy atom. The Bertz CT molecular complexity index is 296. The summed E-state index contributed by atoms with van der Waals surface area (Å²) in [6.45, 7) is 0. The first kappa shape index (κ1) is 9.47. The van der Waals surface area contributed by atoms with Gasteiger partial charge in [0.2, 0.25) is 0 Å². The normalized spacial score (nSPS) is 9.50. The van der Waals surface area contributed by atoms with E-state index in [1.54, 1.807) is 0 Å². The fourth-order valence-electron chi connectivity index (χ4n) is 0.598. The van der Waals surface area contributed by atoms with Crippen LogP contribution in [0, 0.1) is 0 Å². The minimum atomic E-state index is -0.859. The number of ether oxygens (including phenoxy) is 1. The van der Waals surface area contributed by atoms with E-state index < -0.39 is 6.09 Å². The van der Waals surface area contributed by atoms with Crippen molar-refractivity contribution in [2.75, 3.05) is 0 Å². The maximum absolute atomic E-state index is 10.4. The Morgan fingerprint density at radius 1 is 1.42 bits per heavy atom. The molecule has 0 spiro atoms. The first-order valence-electron chi connectivity index (χ1n) is 2.87. The second-order valence-electron chi connectivity index (χ2n) is 1.85. The van der Waals surface area contributed by atoms with Crippen LogP contribution in [0.5, 0.6) is 5.75 Å². The van der Waals surface area contributed by atoms with Crippen molar-refractivity contribution >= 4 is 38.0 Å². The van der Waals surface area contributed by atoms with Crippen LogP contribution in [-0.2, 0) is 0 Å². The van der Waals surface area contributed by atoms with Gasteiger partial charge in [0, 0.05) is 12.4 Å². The van der Waals surface area contributed by atoms with Gasteiger partial charge in [-0.05, 0) is 31.9 Å². The maximum atomic E-state index is 10.4. The van der Waals surface area contributed by atoms with E-state index >= 15 is 0 Å². The third kappa shape index (κ3) is 2.18. The highest BCUT2D eigenvalue weighted by molar-refractivity contribution is 9.11. The topological polar surface area (TPSA) is 65.2 Å². The van der Waals surface area contributed by atoms with Crippen molar-refractivity contribution in [2.45, 2.75) is 0 Å². The highest BCUT2D eigenvalue weighted by Gasteiger charge is 2.08. The summed E-state index contributed by atoms with van der Waals surface area (Å²) in [6, 6.07) is 0. The summed E-state index contributed by atoms with van der Waals surface area (Å²) in [6.07, 6.45) is 2.15. The number of carbonyl (C=O) groups is 1. The SMILES string of the molecule is NC(=O)Oc1c(Br)cncc1Br. The summed E-state index contributed by atoms with van der Waals surface area (Å²) in [5.41, 5.74) is 4.84. The summed E-state index contributed by atoms with van der Waals surface area (Å²) in [5.74, 6) is 0.331. The van der Waals surface area contributed by atoms with Gasteiger partial charge < -0.3 is 10.5 Å². The minimum Gasteiger partial charge on any atom is -0.408 e. The van der Waals surface area contributed by atoms with E-state index in [4.69, 9.17) is 5.73 Å². The van der Waals surface area contributed by atoms with Crippen molar-refractivity contribution in [3.05, 3.63) is 21.3 Å². The smallest absolute Gasteiger partial charge is 0.408 e.